The van der Waals surface area contributed by atoms with Crippen molar-refractivity contribution in [3.63, 3.8) is 0 Å². The van der Waals surface area contributed by atoms with Gasteiger partial charge >= 0.3 is 5.97 Å². The van der Waals surface area contributed by atoms with Gasteiger partial charge in [0.15, 0.2) is 5.78 Å². The van der Waals surface area contributed by atoms with E-state index in [2.05, 4.69) is 63.7 Å². The first kappa shape index (κ1) is 33.8. The minimum Gasteiger partial charge on any atom is -0.423 e. The minimum atomic E-state index is -0.862. The Balaban J connectivity index is 1.46. The number of ketones is 1. The van der Waals surface area contributed by atoms with Crippen LogP contribution in [0.4, 0.5) is 0 Å². The molecule has 1 heterocycles. The molecule has 15 heteroatoms. The maximum atomic E-state index is 13.8. The lowest BCUT2D eigenvalue weighted by Crippen LogP contribution is -2.51. The third-order valence-corrected chi connectivity index (χ3v) is 12.1. The van der Waals surface area contributed by atoms with Crippen LogP contribution in [0.5, 0.6) is 5.75 Å². The zero-order valence-electron chi connectivity index (χ0n) is 22.0. The van der Waals surface area contributed by atoms with Gasteiger partial charge in [-0.2, -0.15) is 5.01 Å². The van der Waals surface area contributed by atoms with Gasteiger partial charge in [-0.25, -0.2) is 9.80 Å². The topological polar surface area (TPSA) is 101 Å². The van der Waals surface area contributed by atoms with E-state index in [4.69, 9.17) is 39.5 Å². The van der Waals surface area contributed by atoms with Gasteiger partial charge < -0.3 is 4.74 Å². The number of carbonyl (C=O) groups is 5. The molecule has 0 spiro atoms. The van der Waals surface area contributed by atoms with Crippen molar-refractivity contribution >= 4 is 128 Å². The van der Waals surface area contributed by atoms with Crippen LogP contribution in [0.2, 0.25) is 15.1 Å². The summed E-state index contributed by atoms with van der Waals surface area (Å²) in [4.78, 5) is 67.5. The number of fused-ring (bicyclic) bond motifs is 1. The van der Waals surface area contributed by atoms with Gasteiger partial charge in [-0.15, -0.1) is 0 Å². The third kappa shape index (κ3) is 6.51. The molecule has 0 saturated heterocycles. The SMILES string of the molecule is O=C(CN(C(=O)c1ccccc1Cl)N1C(=O)c2c(Br)c(Br)c(Br)c(Br)c2C1=O)c1ccc(OC(=O)c2ccc(Cl)cc2Cl)cc1. The van der Waals surface area contributed by atoms with E-state index >= 15 is 0 Å². The van der Waals surface area contributed by atoms with E-state index in [1.165, 1.54) is 54.6 Å². The lowest BCUT2D eigenvalue weighted by atomic mass is 10.1. The lowest BCUT2D eigenvalue weighted by molar-refractivity contribution is 0.00527. The zero-order valence-corrected chi connectivity index (χ0v) is 30.7. The summed E-state index contributed by atoms with van der Waals surface area (Å²) in [5.41, 5.74) is 0.123. The number of imide groups is 1. The largest absolute Gasteiger partial charge is 0.423 e. The van der Waals surface area contributed by atoms with Gasteiger partial charge in [-0.1, -0.05) is 46.9 Å². The number of hydrogen-bond donors (Lipinski definition) is 0. The summed E-state index contributed by atoms with van der Waals surface area (Å²) >= 11 is 31.7. The van der Waals surface area contributed by atoms with Gasteiger partial charge in [-0.3, -0.25) is 19.2 Å². The van der Waals surface area contributed by atoms with Crippen LogP contribution >= 0.6 is 98.5 Å². The summed E-state index contributed by atoms with van der Waals surface area (Å²) in [5.74, 6) is -3.81. The molecule has 4 aromatic rings. The highest BCUT2D eigenvalue weighted by molar-refractivity contribution is 9.15. The molecule has 8 nitrogen and oxygen atoms in total. The second kappa shape index (κ2) is 13.6. The molecule has 0 saturated carbocycles. The van der Waals surface area contributed by atoms with Crippen LogP contribution in [0.25, 0.3) is 0 Å². The molecular weight excluding hydrogens is 910 g/mol. The summed E-state index contributed by atoms with van der Waals surface area (Å²) in [6, 6.07) is 15.8. The third-order valence-electron chi connectivity index (χ3n) is 6.49. The summed E-state index contributed by atoms with van der Waals surface area (Å²) in [7, 11) is 0. The maximum absolute atomic E-state index is 13.8. The van der Waals surface area contributed by atoms with Crippen LogP contribution in [0.15, 0.2) is 84.6 Å². The lowest BCUT2D eigenvalue weighted by Gasteiger charge is -2.29. The number of hydrogen-bond acceptors (Lipinski definition) is 6. The Morgan fingerprint density at radius 2 is 1.29 bits per heavy atom. The molecule has 228 valence electrons. The summed E-state index contributed by atoms with van der Waals surface area (Å²) in [6.45, 7) is -0.716. The number of rotatable bonds is 7. The fourth-order valence-corrected chi connectivity index (χ4v) is 7.48. The molecule has 3 amide bonds. The van der Waals surface area contributed by atoms with Crippen molar-refractivity contribution in [3.05, 3.63) is 128 Å². The van der Waals surface area contributed by atoms with E-state index in [1.807, 2.05) is 0 Å². The van der Waals surface area contributed by atoms with Crippen LogP contribution in [-0.2, 0) is 0 Å². The van der Waals surface area contributed by atoms with E-state index in [1.54, 1.807) is 12.1 Å². The Morgan fingerprint density at radius 3 is 1.84 bits per heavy atom. The highest BCUT2D eigenvalue weighted by atomic mass is 79.9. The molecule has 0 unspecified atom stereocenters. The van der Waals surface area contributed by atoms with Crippen LogP contribution in [0.3, 0.4) is 0 Å². The first-order valence-electron chi connectivity index (χ1n) is 12.4. The predicted molar refractivity (Wildman–Crippen MR) is 182 cm³/mol. The van der Waals surface area contributed by atoms with Crippen LogP contribution in [0.1, 0.15) is 51.8 Å². The van der Waals surface area contributed by atoms with E-state index in [0.717, 1.165) is 5.01 Å². The number of nitrogens with zero attached hydrogens (tertiary/aromatic N) is 2. The second-order valence-corrected chi connectivity index (χ2v) is 13.7. The molecule has 45 heavy (non-hydrogen) atoms. The van der Waals surface area contributed by atoms with E-state index in [-0.39, 0.29) is 52.6 Å². The molecule has 0 bridgehead atoms. The van der Waals surface area contributed by atoms with Gasteiger partial charge in [-0.05, 0) is 118 Å². The van der Waals surface area contributed by atoms with Crippen molar-refractivity contribution < 1.29 is 28.7 Å². The molecule has 0 atom stereocenters. The normalized spacial score (nSPS) is 12.3. The smallest absolute Gasteiger partial charge is 0.345 e. The average Bonchev–Trinajstić information content (AvgIpc) is 3.27. The second-order valence-electron chi connectivity index (χ2n) is 9.23. The van der Waals surface area contributed by atoms with Gasteiger partial charge in [0.05, 0.1) is 32.3 Å². The average molecular weight is 923 g/mol. The van der Waals surface area contributed by atoms with Crippen molar-refractivity contribution in [1.29, 1.82) is 0 Å². The highest BCUT2D eigenvalue weighted by Crippen LogP contribution is 2.45. The van der Waals surface area contributed by atoms with E-state index < -0.39 is 36.0 Å². The molecule has 1 aliphatic rings. The monoisotopic (exact) mass is 918 g/mol. The Labute approximate surface area is 304 Å². The van der Waals surface area contributed by atoms with Crippen LogP contribution in [-0.4, -0.2) is 46.0 Å². The van der Waals surface area contributed by atoms with Crippen molar-refractivity contribution in [2.45, 2.75) is 0 Å². The number of esters is 1. The Kier molecular flexibility index (Phi) is 10.2. The number of halogens is 7. The number of Topliss-reactive ketones (excluding diaryl/α,β-unsaturated/α-hetero) is 1. The summed E-state index contributed by atoms with van der Waals surface area (Å²) in [5, 5.41) is 1.88. The molecular formula is C30H13Br4Cl3N2O6. The summed E-state index contributed by atoms with van der Waals surface area (Å²) in [6.07, 6.45) is 0. The zero-order chi connectivity index (χ0) is 32.7. The number of carbonyl (C=O) groups excluding carboxylic acids is 5. The maximum Gasteiger partial charge on any atom is 0.345 e. The Bertz CT molecular complexity index is 1910. The highest BCUT2D eigenvalue weighted by Gasteiger charge is 2.46. The van der Waals surface area contributed by atoms with E-state index in [9.17, 15) is 24.0 Å². The minimum absolute atomic E-state index is 0.0154. The summed E-state index contributed by atoms with van der Waals surface area (Å²) < 4.78 is 6.82. The standard InChI is InChI=1S/C30H13Br4Cl3N2O6/c31-23-21-22(24(32)26(34)25(23)33)29(43)39(28(21)42)38(27(41)16-3-1-2-4-18(16)36)12-20(40)13-5-8-15(9-6-13)45-30(44)17-10-7-14(35)11-19(17)37/h1-11H,12H2. The number of ether oxygens (including phenoxy) is 1. The van der Waals surface area contributed by atoms with Crippen LogP contribution < -0.4 is 4.74 Å². The van der Waals surface area contributed by atoms with Crippen molar-refractivity contribution in [2.75, 3.05) is 6.54 Å². The Morgan fingerprint density at radius 1 is 0.711 bits per heavy atom. The number of hydrazine groups is 1. The van der Waals surface area contributed by atoms with Crippen molar-refractivity contribution in [3.8, 4) is 5.75 Å². The number of amides is 3. The molecule has 0 aromatic heterocycles. The quantitative estimate of drug-likeness (QED) is 0.0458. The van der Waals surface area contributed by atoms with Crippen molar-refractivity contribution in [1.82, 2.24) is 10.0 Å². The molecule has 1 aliphatic heterocycles. The first-order chi connectivity index (χ1) is 21.3. The van der Waals surface area contributed by atoms with Gasteiger partial charge in [0, 0.05) is 28.5 Å². The first-order valence-corrected chi connectivity index (χ1v) is 16.7. The fourth-order valence-electron chi connectivity index (χ4n) is 4.32. The predicted octanol–water partition coefficient (Wildman–Crippen LogP) is 9.45. The Hall–Kier alpha value is -2.58. The molecule has 0 fully saturated rings. The van der Waals surface area contributed by atoms with Gasteiger partial charge in [0.1, 0.15) is 12.3 Å². The molecule has 5 rings (SSSR count). The fraction of sp³-hybridized carbons (Fsp3) is 0.0333. The molecule has 0 radical (unpaired) electrons. The molecule has 0 N–H and O–H groups in total. The molecule has 4 aromatic carbocycles. The number of benzene rings is 4. The van der Waals surface area contributed by atoms with Gasteiger partial charge in [0.2, 0.25) is 0 Å². The molecule has 0 aliphatic carbocycles. The van der Waals surface area contributed by atoms with Crippen molar-refractivity contribution in [2.24, 2.45) is 0 Å². The van der Waals surface area contributed by atoms with Crippen LogP contribution in [0, 0.1) is 0 Å². The van der Waals surface area contributed by atoms with Gasteiger partial charge in [0.25, 0.3) is 17.7 Å². The van der Waals surface area contributed by atoms with E-state index in [0.29, 0.717) is 19.0 Å².